The molecule has 0 radical (unpaired) electrons. The summed E-state index contributed by atoms with van der Waals surface area (Å²) < 4.78 is 5.28. The van der Waals surface area contributed by atoms with Gasteiger partial charge in [-0.05, 0) is 17.0 Å². The number of fused-ring (bicyclic) bond motifs is 1. The van der Waals surface area contributed by atoms with E-state index in [1.54, 1.807) is 0 Å². The molecule has 1 aromatic heterocycles. The maximum atomic E-state index is 5.28. The Bertz CT molecular complexity index is 443. The molecule has 0 aliphatic carbocycles. The predicted octanol–water partition coefficient (Wildman–Crippen LogP) is 2.31. The van der Waals surface area contributed by atoms with E-state index in [4.69, 9.17) is 4.74 Å². The molecule has 3 rings (SSSR count). The quantitative estimate of drug-likeness (QED) is 0.615. The summed E-state index contributed by atoms with van der Waals surface area (Å²) >= 11 is 0. The lowest BCUT2D eigenvalue weighted by atomic mass is 10.0. The number of aromatic nitrogens is 1. The van der Waals surface area contributed by atoms with Crippen molar-refractivity contribution in [3.8, 4) is 0 Å². The second kappa shape index (κ2) is 2.54. The zero-order valence-electron chi connectivity index (χ0n) is 7.10. The molecule has 1 aliphatic heterocycles. The second-order valence-corrected chi connectivity index (χ2v) is 3.27. The minimum atomic E-state index is 0.325. The van der Waals surface area contributed by atoms with E-state index in [0.717, 1.165) is 6.61 Å². The van der Waals surface area contributed by atoms with Crippen molar-refractivity contribution in [2.45, 2.75) is 6.10 Å². The number of epoxide rings is 1. The Kier molecular flexibility index (Phi) is 1.37. The third-order valence-corrected chi connectivity index (χ3v) is 2.39. The second-order valence-electron chi connectivity index (χ2n) is 3.27. The molecule has 1 fully saturated rings. The van der Waals surface area contributed by atoms with Gasteiger partial charge in [0.1, 0.15) is 6.10 Å². The van der Waals surface area contributed by atoms with Gasteiger partial charge in [0.2, 0.25) is 0 Å². The average molecular weight is 171 g/mol. The van der Waals surface area contributed by atoms with Crippen molar-refractivity contribution in [3.63, 3.8) is 0 Å². The zero-order valence-corrected chi connectivity index (χ0v) is 7.10. The van der Waals surface area contributed by atoms with Gasteiger partial charge in [0.25, 0.3) is 0 Å². The summed E-state index contributed by atoms with van der Waals surface area (Å²) in [6, 6.07) is 8.31. The fourth-order valence-electron chi connectivity index (χ4n) is 1.66. The van der Waals surface area contributed by atoms with Crippen LogP contribution in [0.1, 0.15) is 11.7 Å². The Morgan fingerprint density at radius 3 is 3.08 bits per heavy atom. The number of benzene rings is 1. The fourth-order valence-corrected chi connectivity index (χ4v) is 1.66. The molecule has 1 saturated heterocycles. The molecule has 1 aliphatic rings. The molecule has 2 heteroatoms. The van der Waals surface area contributed by atoms with Crippen molar-refractivity contribution >= 4 is 10.8 Å². The van der Waals surface area contributed by atoms with Crippen molar-refractivity contribution < 1.29 is 4.74 Å². The summed E-state index contributed by atoms with van der Waals surface area (Å²) in [6.07, 6.45) is 4.04. The minimum absolute atomic E-state index is 0.325. The molecular formula is C11H9NO. The minimum Gasteiger partial charge on any atom is -0.368 e. The van der Waals surface area contributed by atoms with Gasteiger partial charge in [-0.25, -0.2) is 0 Å². The average Bonchev–Trinajstić information content (AvgIpc) is 3.00. The van der Waals surface area contributed by atoms with Gasteiger partial charge in [0.05, 0.1) is 6.61 Å². The highest BCUT2D eigenvalue weighted by Gasteiger charge is 2.26. The Morgan fingerprint density at radius 1 is 1.31 bits per heavy atom. The van der Waals surface area contributed by atoms with Crippen LogP contribution in [-0.4, -0.2) is 11.6 Å². The first-order valence-corrected chi connectivity index (χ1v) is 4.39. The van der Waals surface area contributed by atoms with Crippen LogP contribution in [0.25, 0.3) is 10.8 Å². The van der Waals surface area contributed by atoms with Crippen LogP contribution in [0.3, 0.4) is 0 Å². The van der Waals surface area contributed by atoms with Gasteiger partial charge < -0.3 is 4.74 Å². The Hall–Kier alpha value is -1.41. The van der Waals surface area contributed by atoms with Crippen LogP contribution in [-0.2, 0) is 4.74 Å². The van der Waals surface area contributed by atoms with Gasteiger partial charge in [-0.1, -0.05) is 18.2 Å². The summed E-state index contributed by atoms with van der Waals surface area (Å²) in [4.78, 5) is 4.09. The van der Waals surface area contributed by atoms with Crippen molar-refractivity contribution in [2.24, 2.45) is 0 Å². The molecule has 13 heavy (non-hydrogen) atoms. The van der Waals surface area contributed by atoms with E-state index in [-0.39, 0.29) is 0 Å². The molecule has 2 nitrogen and oxygen atoms in total. The fraction of sp³-hybridized carbons (Fsp3) is 0.182. The number of nitrogens with zero attached hydrogens (tertiary/aromatic N) is 1. The van der Waals surface area contributed by atoms with Crippen molar-refractivity contribution in [3.05, 3.63) is 42.2 Å². The van der Waals surface area contributed by atoms with Gasteiger partial charge in [0, 0.05) is 17.8 Å². The first-order chi connectivity index (χ1) is 6.45. The van der Waals surface area contributed by atoms with Crippen LogP contribution in [0.2, 0.25) is 0 Å². The summed E-state index contributed by atoms with van der Waals surface area (Å²) in [6.45, 7) is 0.863. The Balaban J connectivity index is 2.32. The lowest BCUT2D eigenvalue weighted by Crippen LogP contribution is -1.84. The first-order valence-electron chi connectivity index (χ1n) is 4.39. The molecule has 1 atom stereocenters. The van der Waals surface area contributed by atoms with Crippen LogP contribution in [0, 0.1) is 0 Å². The largest absolute Gasteiger partial charge is 0.368 e. The normalized spacial score (nSPS) is 20.5. The molecule has 0 spiro atoms. The van der Waals surface area contributed by atoms with E-state index in [2.05, 4.69) is 23.2 Å². The topological polar surface area (TPSA) is 25.4 Å². The molecule has 1 unspecified atom stereocenters. The molecule has 0 N–H and O–H groups in total. The molecule has 1 aromatic carbocycles. The highest BCUT2D eigenvalue weighted by molar-refractivity contribution is 5.85. The molecule has 2 heterocycles. The first kappa shape index (κ1) is 7.04. The van der Waals surface area contributed by atoms with E-state index in [1.807, 2.05) is 18.5 Å². The van der Waals surface area contributed by atoms with Crippen LogP contribution >= 0.6 is 0 Å². The Labute approximate surface area is 76.2 Å². The van der Waals surface area contributed by atoms with Gasteiger partial charge in [-0.3, -0.25) is 4.98 Å². The Morgan fingerprint density at radius 2 is 2.23 bits per heavy atom. The van der Waals surface area contributed by atoms with Crippen LogP contribution < -0.4 is 0 Å². The van der Waals surface area contributed by atoms with Crippen molar-refractivity contribution in [2.75, 3.05) is 6.61 Å². The van der Waals surface area contributed by atoms with E-state index in [9.17, 15) is 0 Å². The highest BCUT2D eigenvalue weighted by atomic mass is 16.6. The van der Waals surface area contributed by atoms with Crippen molar-refractivity contribution in [1.82, 2.24) is 4.98 Å². The maximum Gasteiger partial charge on any atom is 0.107 e. The zero-order chi connectivity index (χ0) is 8.67. The van der Waals surface area contributed by atoms with Crippen LogP contribution in [0.5, 0.6) is 0 Å². The monoisotopic (exact) mass is 171 g/mol. The van der Waals surface area contributed by atoms with Crippen molar-refractivity contribution in [1.29, 1.82) is 0 Å². The van der Waals surface area contributed by atoms with Crippen LogP contribution in [0.15, 0.2) is 36.7 Å². The van der Waals surface area contributed by atoms with E-state index >= 15 is 0 Å². The number of rotatable bonds is 1. The third kappa shape index (κ3) is 1.11. The molecule has 2 aromatic rings. The number of pyridine rings is 1. The third-order valence-electron chi connectivity index (χ3n) is 2.39. The summed E-state index contributed by atoms with van der Waals surface area (Å²) in [7, 11) is 0. The number of ether oxygens (including phenoxy) is 1. The molecule has 0 bridgehead atoms. The summed E-state index contributed by atoms with van der Waals surface area (Å²) in [5.41, 5.74) is 1.29. The summed E-state index contributed by atoms with van der Waals surface area (Å²) in [5.74, 6) is 0. The van der Waals surface area contributed by atoms with Gasteiger partial charge in [-0.2, -0.15) is 0 Å². The standard InChI is InChI=1S/C11H9NO/c1-2-8-6-12-5-4-9(8)10(3-1)11-7-13-11/h1-6,11H,7H2. The van der Waals surface area contributed by atoms with Crippen LogP contribution in [0.4, 0.5) is 0 Å². The van der Waals surface area contributed by atoms with E-state index < -0.39 is 0 Å². The molecule has 64 valence electrons. The van der Waals surface area contributed by atoms with E-state index in [0.29, 0.717) is 6.10 Å². The molecular weight excluding hydrogens is 162 g/mol. The number of hydrogen-bond acceptors (Lipinski definition) is 2. The summed E-state index contributed by atoms with van der Waals surface area (Å²) in [5, 5.41) is 2.45. The number of hydrogen-bond donors (Lipinski definition) is 0. The molecule has 0 saturated carbocycles. The van der Waals surface area contributed by atoms with Gasteiger partial charge >= 0.3 is 0 Å². The molecule has 0 amide bonds. The predicted molar refractivity (Wildman–Crippen MR) is 50.4 cm³/mol. The van der Waals surface area contributed by atoms with Gasteiger partial charge in [-0.15, -0.1) is 0 Å². The lowest BCUT2D eigenvalue weighted by Gasteiger charge is -2.01. The lowest BCUT2D eigenvalue weighted by molar-refractivity contribution is 0.417. The maximum absolute atomic E-state index is 5.28. The smallest absolute Gasteiger partial charge is 0.107 e. The van der Waals surface area contributed by atoms with E-state index in [1.165, 1.54) is 16.3 Å². The van der Waals surface area contributed by atoms with Gasteiger partial charge in [0.15, 0.2) is 0 Å². The SMILES string of the molecule is c1cc(C2CO2)c2ccncc2c1. The highest BCUT2D eigenvalue weighted by Crippen LogP contribution is 2.34.